The van der Waals surface area contributed by atoms with Crippen molar-refractivity contribution < 1.29 is 14.7 Å². The molecule has 1 aromatic carbocycles. The van der Waals surface area contributed by atoms with Crippen LogP contribution in [0.5, 0.6) is 0 Å². The normalized spacial score (nSPS) is 19.7. The topological polar surface area (TPSA) is 98.3 Å². The van der Waals surface area contributed by atoms with Crippen molar-refractivity contribution in [1.82, 2.24) is 20.2 Å². The molecule has 3 heterocycles. The number of imidazole rings is 1. The highest BCUT2D eigenvalue weighted by molar-refractivity contribution is 5.89. The van der Waals surface area contributed by atoms with Crippen LogP contribution >= 0.6 is 0 Å². The van der Waals surface area contributed by atoms with Crippen molar-refractivity contribution in [3.05, 3.63) is 41.2 Å². The van der Waals surface area contributed by atoms with E-state index in [0.29, 0.717) is 25.3 Å². The molecule has 1 saturated heterocycles. The number of carbonyl (C=O) groups excluding carboxylic acids is 1. The number of aromatic carboxylic acids is 1. The van der Waals surface area contributed by atoms with Crippen LogP contribution in [0, 0.1) is 0 Å². The molecule has 4 rings (SSSR count). The van der Waals surface area contributed by atoms with E-state index in [4.69, 9.17) is 5.11 Å². The standard InChI is InChI=1S/C18H20N4O3/c23-17(14-5-2-7-19-14)22-8-6-13-15(10-22)21-16(20-13)11-3-1-4-12(9-11)18(24)25/h1,3-4,9,14,19H,2,5-8,10H2,(H,20,21)(H,24,25). The third kappa shape index (κ3) is 3.02. The maximum absolute atomic E-state index is 12.6. The molecule has 2 aliphatic heterocycles. The maximum Gasteiger partial charge on any atom is 0.335 e. The summed E-state index contributed by atoms with van der Waals surface area (Å²) in [5.74, 6) is -0.146. The second-order valence-electron chi connectivity index (χ2n) is 6.56. The number of H-pyrrole nitrogens is 1. The van der Waals surface area contributed by atoms with Crippen molar-refractivity contribution in [2.75, 3.05) is 13.1 Å². The molecule has 130 valence electrons. The van der Waals surface area contributed by atoms with Gasteiger partial charge in [0, 0.05) is 18.5 Å². The van der Waals surface area contributed by atoms with Gasteiger partial charge in [0.2, 0.25) is 5.91 Å². The van der Waals surface area contributed by atoms with E-state index in [1.54, 1.807) is 18.2 Å². The van der Waals surface area contributed by atoms with Crippen LogP contribution in [0.25, 0.3) is 11.4 Å². The van der Waals surface area contributed by atoms with Crippen molar-refractivity contribution in [1.29, 1.82) is 0 Å². The number of benzene rings is 1. The van der Waals surface area contributed by atoms with Gasteiger partial charge in [-0.1, -0.05) is 12.1 Å². The zero-order valence-electron chi connectivity index (χ0n) is 13.8. The highest BCUT2D eigenvalue weighted by Crippen LogP contribution is 2.24. The fraction of sp³-hybridized carbons (Fsp3) is 0.389. The first-order valence-electron chi connectivity index (χ1n) is 8.55. The number of hydrogen-bond donors (Lipinski definition) is 3. The molecule has 2 aromatic rings. The highest BCUT2D eigenvalue weighted by atomic mass is 16.4. The predicted molar refractivity (Wildman–Crippen MR) is 91.1 cm³/mol. The van der Waals surface area contributed by atoms with E-state index >= 15 is 0 Å². The average Bonchev–Trinajstić information content (AvgIpc) is 3.30. The number of amides is 1. The predicted octanol–water partition coefficient (Wildman–Crippen LogP) is 1.41. The highest BCUT2D eigenvalue weighted by Gasteiger charge is 2.30. The van der Waals surface area contributed by atoms with Crippen LogP contribution in [0.1, 0.15) is 34.6 Å². The van der Waals surface area contributed by atoms with Crippen molar-refractivity contribution >= 4 is 11.9 Å². The Balaban J connectivity index is 1.55. The lowest BCUT2D eigenvalue weighted by atomic mass is 10.1. The van der Waals surface area contributed by atoms with Gasteiger partial charge in [0.1, 0.15) is 5.82 Å². The zero-order chi connectivity index (χ0) is 17.4. The summed E-state index contributed by atoms with van der Waals surface area (Å²) >= 11 is 0. The SMILES string of the molecule is O=C(O)c1cccc(-c2nc3c([nH]2)CN(C(=O)C2CCCN2)CC3)c1. The monoisotopic (exact) mass is 340 g/mol. The Morgan fingerprint density at radius 1 is 1.32 bits per heavy atom. The molecular weight excluding hydrogens is 320 g/mol. The lowest BCUT2D eigenvalue weighted by Crippen LogP contribution is -2.45. The summed E-state index contributed by atoms with van der Waals surface area (Å²) in [5.41, 5.74) is 2.87. The third-order valence-corrected chi connectivity index (χ3v) is 4.88. The van der Waals surface area contributed by atoms with Gasteiger partial charge in [0.15, 0.2) is 0 Å². The zero-order valence-corrected chi connectivity index (χ0v) is 13.8. The van der Waals surface area contributed by atoms with E-state index in [1.165, 1.54) is 0 Å². The van der Waals surface area contributed by atoms with Gasteiger partial charge >= 0.3 is 5.97 Å². The van der Waals surface area contributed by atoms with E-state index in [1.807, 2.05) is 11.0 Å². The summed E-state index contributed by atoms with van der Waals surface area (Å²) in [4.78, 5) is 33.5. The smallest absolute Gasteiger partial charge is 0.335 e. The second-order valence-corrected chi connectivity index (χ2v) is 6.56. The van der Waals surface area contributed by atoms with Crippen molar-refractivity contribution in [3.63, 3.8) is 0 Å². The molecule has 1 atom stereocenters. The molecule has 2 aliphatic rings. The Kier molecular flexibility index (Phi) is 4.01. The first-order chi connectivity index (χ1) is 12.1. The minimum atomic E-state index is -0.959. The summed E-state index contributed by atoms with van der Waals surface area (Å²) < 4.78 is 0. The lowest BCUT2D eigenvalue weighted by Gasteiger charge is -2.28. The number of nitrogens with zero attached hydrogens (tertiary/aromatic N) is 2. The fourth-order valence-electron chi connectivity index (χ4n) is 3.53. The van der Waals surface area contributed by atoms with Gasteiger partial charge in [-0.05, 0) is 31.5 Å². The Hall–Kier alpha value is -2.67. The molecule has 7 heteroatoms. The van der Waals surface area contributed by atoms with Gasteiger partial charge in [-0.3, -0.25) is 4.79 Å². The Labute approximate surface area is 145 Å². The largest absolute Gasteiger partial charge is 0.478 e. The molecule has 0 bridgehead atoms. The Bertz CT molecular complexity index is 823. The van der Waals surface area contributed by atoms with E-state index in [9.17, 15) is 9.59 Å². The van der Waals surface area contributed by atoms with Crippen LogP contribution in [0.15, 0.2) is 24.3 Å². The molecule has 0 aliphatic carbocycles. The van der Waals surface area contributed by atoms with E-state index < -0.39 is 5.97 Å². The van der Waals surface area contributed by atoms with Crippen LogP contribution < -0.4 is 5.32 Å². The number of hydrogen-bond acceptors (Lipinski definition) is 4. The third-order valence-electron chi connectivity index (χ3n) is 4.88. The van der Waals surface area contributed by atoms with Gasteiger partial charge in [-0.25, -0.2) is 9.78 Å². The number of fused-ring (bicyclic) bond motifs is 1. The second kappa shape index (κ2) is 6.33. The van der Waals surface area contributed by atoms with Crippen molar-refractivity contribution in [2.45, 2.75) is 31.8 Å². The number of carbonyl (C=O) groups is 2. The fourth-order valence-corrected chi connectivity index (χ4v) is 3.53. The number of rotatable bonds is 3. The van der Waals surface area contributed by atoms with E-state index in [2.05, 4.69) is 15.3 Å². The van der Waals surface area contributed by atoms with E-state index in [-0.39, 0.29) is 17.5 Å². The van der Waals surface area contributed by atoms with Gasteiger partial charge in [0.05, 0.1) is 29.5 Å². The number of nitrogens with one attached hydrogen (secondary N) is 2. The molecule has 1 unspecified atom stereocenters. The van der Waals surface area contributed by atoms with Crippen molar-refractivity contribution in [2.24, 2.45) is 0 Å². The average molecular weight is 340 g/mol. The van der Waals surface area contributed by atoms with Gasteiger partial charge < -0.3 is 20.3 Å². The number of carboxylic acid groups (broad SMARTS) is 1. The van der Waals surface area contributed by atoms with Crippen LogP contribution in [-0.2, 0) is 17.8 Å². The molecule has 1 aromatic heterocycles. The molecular formula is C18H20N4O3. The number of aromatic amines is 1. The Morgan fingerprint density at radius 2 is 2.20 bits per heavy atom. The van der Waals surface area contributed by atoms with E-state index in [0.717, 1.165) is 36.3 Å². The summed E-state index contributed by atoms with van der Waals surface area (Å²) in [6.07, 6.45) is 2.66. The molecule has 1 amide bonds. The first-order valence-corrected chi connectivity index (χ1v) is 8.55. The summed E-state index contributed by atoms with van der Waals surface area (Å²) in [5, 5.41) is 12.4. The van der Waals surface area contributed by atoms with Crippen LogP contribution in [0.4, 0.5) is 0 Å². The van der Waals surface area contributed by atoms with Crippen LogP contribution in [-0.4, -0.2) is 51.0 Å². The molecule has 25 heavy (non-hydrogen) atoms. The van der Waals surface area contributed by atoms with Crippen LogP contribution in [0.3, 0.4) is 0 Å². The summed E-state index contributed by atoms with van der Waals surface area (Å²) in [6, 6.07) is 6.65. The molecule has 0 spiro atoms. The Morgan fingerprint density at radius 3 is 2.96 bits per heavy atom. The first kappa shape index (κ1) is 15.8. The van der Waals surface area contributed by atoms with Crippen LogP contribution in [0.2, 0.25) is 0 Å². The molecule has 7 nitrogen and oxygen atoms in total. The van der Waals surface area contributed by atoms with Gasteiger partial charge in [-0.2, -0.15) is 0 Å². The quantitative estimate of drug-likeness (QED) is 0.785. The molecule has 0 saturated carbocycles. The molecule has 1 fully saturated rings. The lowest BCUT2D eigenvalue weighted by molar-refractivity contribution is -0.134. The minimum absolute atomic E-state index is 0.0591. The van der Waals surface area contributed by atoms with Gasteiger partial charge in [0.25, 0.3) is 0 Å². The summed E-state index contributed by atoms with van der Waals surface area (Å²) in [6.45, 7) is 2.10. The molecule has 3 N–H and O–H groups in total. The van der Waals surface area contributed by atoms with Gasteiger partial charge in [-0.15, -0.1) is 0 Å². The summed E-state index contributed by atoms with van der Waals surface area (Å²) in [7, 11) is 0. The minimum Gasteiger partial charge on any atom is -0.478 e. The van der Waals surface area contributed by atoms with Crippen molar-refractivity contribution in [3.8, 4) is 11.4 Å². The maximum atomic E-state index is 12.6. The number of carboxylic acids is 1. The number of aromatic nitrogens is 2. The molecule has 0 radical (unpaired) electrons.